The van der Waals surface area contributed by atoms with E-state index in [1.54, 1.807) is 6.07 Å². The molecule has 4 heteroatoms. The summed E-state index contributed by atoms with van der Waals surface area (Å²) in [6, 6.07) is 7.68. The maximum absolute atomic E-state index is 5.64. The molecule has 1 heterocycles. The Morgan fingerprint density at radius 3 is 2.71 bits per heavy atom. The first-order chi connectivity index (χ1) is 6.66. The predicted molar refractivity (Wildman–Crippen MR) is 59.4 cm³/mol. The highest BCUT2D eigenvalue weighted by molar-refractivity contribution is 9.10. The maximum atomic E-state index is 5.64. The molecule has 0 bridgehead atoms. The van der Waals surface area contributed by atoms with E-state index in [1.807, 2.05) is 25.1 Å². The summed E-state index contributed by atoms with van der Waals surface area (Å²) < 4.78 is 5.84. The van der Waals surface area contributed by atoms with Crippen LogP contribution in [0.4, 0.5) is 0 Å². The molecule has 2 rings (SSSR count). The summed E-state index contributed by atoms with van der Waals surface area (Å²) in [6.07, 6.45) is 0. The lowest BCUT2D eigenvalue weighted by atomic mass is 10.1. The molecule has 0 saturated carbocycles. The Bertz CT molecular complexity index is 467. The molecule has 0 saturated heterocycles. The van der Waals surface area contributed by atoms with Gasteiger partial charge in [0.2, 0.25) is 5.22 Å². The zero-order chi connectivity index (χ0) is 10.1. The van der Waals surface area contributed by atoms with Crippen molar-refractivity contribution in [1.29, 1.82) is 0 Å². The van der Waals surface area contributed by atoms with Crippen LogP contribution in [0.3, 0.4) is 0 Å². The second-order valence-corrected chi connectivity index (χ2v) is 4.21. The van der Waals surface area contributed by atoms with Crippen LogP contribution < -0.4 is 0 Å². The van der Waals surface area contributed by atoms with Gasteiger partial charge in [-0.1, -0.05) is 33.2 Å². The number of hydrogen-bond acceptors (Lipinski definition) is 2. The molecule has 0 N–H and O–H groups in total. The first kappa shape index (κ1) is 9.74. The van der Waals surface area contributed by atoms with Crippen molar-refractivity contribution in [3.8, 4) is 11.3 Å². The van der Waals surface area contributed by atoms with E-state index in [4.69, 9.17) is 16.1 Å². The van der Waals surface area contributed by atoms with Crippen LogP contribution in [0.1, 0.15) is 5.56 Å². The van der Waals surface area contributed by atoms with Crippen molar-refractivity contribution in [1.82, 2.24) is 5.16 Å². The second kappa shape index (κ2) is 3.75. The van der Waals surface area contributed by atoms with E-state index in [0.717, 1.165) is 15.7 Å². The largest absolute Gasteiger partial charge is 0.344 e. The first-order valence-corrected chi connectivity index (χ1v) is 5.22. The first-order valence-electron chi connectivity index (χ1n) is 4.05. The van der Waals surface area contributed by atoms with Crippen LogP contribution in [0.5, 0.6) is 0 Å². The molecule has 0 unspecified atom stereocenters. The van der Waals surface area contributed by atoms with Gasteiger partial charge in [-0.3, -0.25) is 0 Å². The van der Waals surface area contributed by atoms with E-state index in [1.165, 1.54) is 5.56 Å². The normalized spacial score (nSPS) is 10.5. The highest BCUT2D eigenvalue weighted by atomic mass is 79.9. The third-order valence-corrected chi connectivity index (χ3v) is 2.98. The van der Waals surface area contributed by atoms with Gasteiger partial charge in [0, 0.05) is 16.1 Å². The minimum absolute atomic E-state index is 0.302. The van der Waals surface area contributed by atoms with Crippen molar-refractivity contribution in [2.45, 2.75) is 6.92 Å². The van der Waals surface area contributed by atoms with Gasteiger partial charge in [-0.15, -0.1) is 0 Å². The summed E-state index contributed by atoms with van der Waals surface area (Å²) >= 11 is 9.10. The van der Waals surface area contributed by atoms with Crippen molar-refractivity contribution in [2.75, 3.05) is 0 Å². The van der Waals surface area contributed by atoms with E-state index in [-0.39, 0.29) is 0 Å². The Kier molecular flexibility index (Phi) is 2.61. The van der Waals surface area contributed by atoms with Gasteiger partial charge in [-0.2, -0.15) is 0 Å². The lowest BCUT2D eigenvalue weighted by molar-refractivity contribution is 0.424. The Morgan fingerprint density at radius 1 is 1.36 bits per heavy atom. The van der Waals surface area contributed by atoms with Gasteiger partial charge in [0.1, 0.15) is 5.69 Å². The van der Waals surface area contributed by atoms with Crippen molar-refractivity contribution in [2.24, 2.45) is 0 Å². The summed E-state index contributed by atoms with van der Waals surface area (Å²) in [4.78, 5) is 0. The van der Waals surface area contributed by atoms with Crippen molar-refractivity contribution in [3.05, 3.63) is 39.5 Å². The molecule has 1 aromatic carbocycles. The summed E-state index contributed by atoms with van der Waals surface area (Å²) in [5.74, 6) is 0. The molecule has 0 fully saturated rings. The average Bonchev–Trinajstić information content (AvgIpc) is 2.57. The lowest BCUT2D eigenvalue weighted by Crippen LogP contribution is -1.79. The molecule has 72 valence electrons. The quantitative estimate of drug-likeness (QED) is 0.782. The van der Waals surface area contributed by atoms with E-state index >= 15 is 0 Å². The minimum Gasteiger partial charge on any atom is -0.344 e. The summed E-state index contributed by atoms with van der Waals surface area (Å²) in [5.41, 5.74) is 2.91. The fraction of sp³-hybridized carbons (Fsp3) is 0.100. The number of benzene rings is 1. The molecule has 0 aliphatic rings. The molecular weight excluding hydrogens is 265 g/mol. The molecule has 0 spiro atoms. The molecule has 0 aliphatic carbocycles. The zero-order valence-electron chi connectivity index (χ0n) is 7.42. The van der Waals surface area contributed by atoms with E-state index in [9.17, 15) is 0 Å². The zero-order valence-corrected chi connectivity index (χ0v) is 9.76. The molecule has 1 aromatic heterocycles. The number of rotatable bonds is 1. The number of halogens is 2. The highest BCUT2D eigenvalue weighted by Gasteiger charge is 2.05. The number of hydrogen-bond donors (Lipinski definition) is 0. The standard InChI is InChI=1S/C10H7BrClNO/c1-6-2-3-7(4-8(6)11)9-5-10(12)14-13-9/h2-5H,1H3. The SMILES string of the molecule is Cc1ccc(-c2cc(Cl)on2)cc1Br. The van der Waals surface area contributed by atoms with Gasteiger partial charge in [0.05, 0.1) is 0 Å². The van der Waals surface area contributed by atoms with Crippen LogP contribution in [0.2, 0.25) is 5.22 Å². The molecule has 2 aromatic rings. The summed E-state index contributed by atoms with van der Waals surface area (Å²) in [7, 11) is 0. The van der Waals surface area contributed by atoms with Crippen molar-refractivity contribution >= 4 is 27.5 Å². The van der Waals surface area contributed by atoms with Crippen LogP contribution in [0.15, 0.2) is 33.3 Å². The van der Waals surface area contributed by atoms with Crippen LogP contribution in [0.25, 0.3) is 11.3 Å². The maximum Gasteiger partial charge on any atom is 0.226 e. The molecular formula is C10H7BrClNO. The van der Waals surface area contributed by atoms with Crippen LogP contribution in [-0.2, 0) is 0 Å². The van der Waals surface area contributed by atoms with Gasteiger partial charge in [0.25, 0.3) is 0 Å². The smallest absolute Gasteiger partial charge is 0.226 e. The average molecular weight is 273 g/mol. The lowest BCUT2D eigenvalue weighted by Gasteiger charge is -1.99. The fourth-order valence-corrected chi connectivity index (χ4v) is 1.66. The van der Waals surface area contributed by atoms with Crippen LogP contribution >= 0.6 is 27.5 Å². The van der Waals surface area contributed by atoms with Crippen molar-refractivity contribution < 1.29 is 4.52 Å². The van der Waals surface area contributed by atoms with Crippen molar-refractivity contribution in [3.63, 3.8) is 0 Å². The number of nitrogens with zero attached hydrogens (tertiary/aromatic N) is 1. The minimum atomic E-state index is 0.302. The number of aromatic nitrogens is 1. The molecule has 0 atom stereocenters. The van der Waals surface area contributed by atoms with Crippen LogP contribution in [0, 0.1) is 6.92 Å². The molecule has 0 radical (unpaired) electrons. The molecule has 0 aliphatic heterocycles. The summed E-state index contributed by atoms with van der Waals surface area (Å²) in [6.45, 7) is 2.03. The van der Waals surface area contributed by atoms with E-state index in [0.29, 0.717) is 5.22 Å². The number of aryl methyl sites for hydroxylation is 1. The molecule has 14 heavy (non-hydrogen) atoms. The van der Waals surface area contributed by atoms with Gasteiger partial charge in [-0.05, 0) is 30.2 Å². The Morgan fingerprint density at radius 2 is 2.14 bits per heavy atom. The fourth-order valence-electron chi connectivity index (χ4n) is 1.14. The molecule has 0 amide bonds. The Hall–Kier alpha value is -0.800. The molecule has 2 nitrogen and oxygen atoms in total. The van der Waals surface area contributed by atoms with Crippen LogP contribution in [-0.4, -0.2) is 5.16 Å². The topological polar surface area (TPSA) is 26.0 Å². The Balaban J connectivity index is 2.47. The van der Waals surface area contributed by atoms with Gasteiger partial charge in [0.15, 0.2) is 0 Å². The monoisotopic (exact) mass is 271 g/mol. The highest BCUT2D eigenvalue weighted by Crippen LogP contribution is 2.26. The van der Waals surface area contributed by atoms with Gasteiger partial charge >= 0.3 is 0 Å². The predicted octanol–water partition coefficient (Wildman–Crippen LogP) is 4.07. The summed E-state index contributed by atoms with van der Waals surface area (Å²) in [5, 5.41) is 4.13. The van der Waals surface area contributed by atoms with Gasteiger partial charge in [-0.25, -0.2) is 0 Å². The van der Waals surface area contributed by atoms with Gasteiger partial charge < -0.3 is 4.52 Å². The third-order valence-electron chi connectivity index (χ3n) is 1.95. The second-order valence-electron chi connectivity index (χ2n) is 2.98. The Labute approximate surface area is 95.0 Å². The third kappa shape index (κ3) is 1.83. The van der Waals surface area contributed by atoms with E-state index < -0.39 is 0 Å². The van der Waals surface area contributed by atoms with E-state index in [2.05, 4.69) is 21.1 Å².